The number of aryl methyl sites for hydroxylation is 1. The average molecular weight is 356 g/mol. The van der Waals surface area contributed by atoms with Gasteiger partial charge in [0.25, 0.3) is 5.91 Å². The molecule has 26 heavy (non-hydrogen) atoms. The van der Waals surface area contributed by atoms with Gasteiger partial charge in [-0.15, -0.1) is 0 Å². The van der Waals surface area contributed by atoms with Crippen molar-refractivity contribution in [3.8, 4) is 6.07 Å². The molecule has 0 aromatic heterocycles. The Bertz CT molecular complexity index is 628. The van der Waals surface area contributed by atoms with Gasteiger partial charge in [-0.05, 0) is 30.5 Å². The van der Waals surface area contributed by atoms with Gasteiger partial charge < -0.3 is 15.4 Å². The fraction of sp³-hybridized carbons (Fsp3) is 0.500. The molecule has 0 spiro atoms. The fourth-order valence-electron chi connectivity index (χ4n) is 2.70. The number of nitrogens with one attached hydrogen (secondary N) is 2. The van der Waals surface area contributed by atoms with Crippen molar-refractivity contribution in [2.75, 3.05) is 44.7 Å². The summed E-state index contributed by atoms with van der Waals surface area (Å²) >= 11 is 0. The van der Waals surface area contributed by atoms with Crippen molar-refractivity contribution in [3.63, 3.8) is 0 Å². The summed E-state index contributed by atoms with van der Waals surface area (Å²) in [5, 5.41) is 15.0. The van der Waals surface area contributed by atoms with E-state index in [2.05, 4.69) is 34.6 Å². The minimum atomic E-state index is -0.354. The number of benzene rings is 1. The summed E-state index contributed by atoms with van der Waals surface area (Å²) in [5.74, 6) is -0.354. The Hall–Kier alpha value is -2.36. The highest BCUT2D eigenvalue weighted by atomic mass is 16.5. The zero-order valence-corrected chi connectivity index (χ0v) is 15.5. The number of morpholine rings is 1. The van der Waals surface area contributed by atoms with Crippen LogP contribution in [0, 0.1) is 11.3 Å². The van der Waals surface area contributed by atoms with E-state index in [0.29, 0.717) is 6.54 Å². The lowest BCUT2D eigenvalue weighted by atomic mass is 10.1. The number of rotatable bonds is 9. The minimum Gasteiger partial charge on any atom is -0.379 e. The van der Waals surface area contributed by atoms with Gasteiger partial charge >= 0.3 is 0 Å². The van der Waals surface area contributed by atoms with Gasteiger partial charge in [-0.2, -0.15) is 5.26 Å². The number of ether oxygens (including phenoxy) is 1. The summed E-state index contributed by atoms with van der Waals surface area (Å²) in [4.78, 5) is 14.4. The van der Waals surface area contributed by atoms with Crippen molar-refractivity contribution in [1.29, 1.82) is 5.26 Å². The van der Waals surface area contributed by atoms with E-state index in [1.165, 1.54) is 24.6 Å². The summed E-state index contributed by atoms with van der Waals surface area (Å²) in [6.07, 6.45) is 4.89. The van der Waals surface area contributed by atoms with Crippen LogP contribution >= 0.6 is 0 Å². The van der Waals surface area contributed by atoms with Crippen LogP contribution in [0.1, 0.15) is 25.3 Å². The number of carbonyl (C=O) groups is 1. The minimum absolute atomic E-state index is 0.0713. The van der Waals surface area contributed by atoms with Gasteiger partial charge in [0.15, 0.2) is 0 Å². The van der Waals surface area contributed by atoms with Gasteiger partial charge in [-0.3, -0.25) is 9.69 Å². The SMILES string of the molecule is CCCCc1ccc(N/C=C(/C#N)C(=O)NCCN2CCOCC2)cc1. The molecular formula is C20H28N4O2. The highest BCUT2D eigenvalue weighted by molar-refractivity contribution is 5.97. The zero-order chi connectivity index (χ0) is 18.6. The second-order valence-electron chi connectivity index (χ2n) is 6.32. The van der Waals surface area contributed by atoms with Crippen LogP contribution in [0.2, 0.25) is 0 Å². The molecule has 0 bridgehead atoms. The maximum absolute atomic E-state index is 12.1. The second kappa shape index (κ2) is 11.3. The Kier molecular flexibility index (Phi) is 8.67. The second-order valence-corrected chi connectivity index (χ2v) is 6.32. The molecule has 1 aromatic rings. The predicted molar refractivity (Wildman–Crippen MR) is 103 cm³/mol. The van der Waals surface area contributed by atoms with E-state index < -0.39 is 0 Å². The molecule has 2 rings (SSSR count). The topological polar surface area (TPSA) is 77.4 Å². The van der Waals surface area contributed by atoms with Crippen molar-refractivity contribution >= 4 is 11.6 Å². The molecule has 2 N–H and O–H groups in total. The van der Waals surface area contributed by atoms with Gasteiger partial charge in [0.1, 0.15) is 11.6 Å². The van der Waals surface area contributed by atoms with Gasteiger partial charge in [-0.25, -0.2) is 0 Å². The number of hydrogen-bond acceptors (Lipinski definition) is 5. The van der Waals surface area contributed by atoms with Gasteiger partial charge in [0.05, 0.1) is 13.2 Å². The Balaban J connectivity index is 1.78. The molecule has 1 saturated heterocycles. The van der Waals surface area contributed by atoms with Gasteiger partial charge in [0, 0.05) is 38.1 Å². The number of anilines is 1. The van der Waals surface area contributed by atoms with Gasteiger partial charge in [0.2, 0.25) is 0 Å². The van der Waals surface area contributed by atoms with Gasteiger partial charge in [-0.1, -0.05) is 25.5 Å². The summed E-state index contributed by atoms with van der Waals surface area (Å²) in [6.45, 7) is 6.69. The van der Waals surface area contributed by atoms with Crippen LogP contribution in [0.5, 0.6) is 0 Å². The third-order valence-electron chi connectivity index (χ3n) is 4.34. The molecule has 1 aromatic carbocycles. The van der Waals surface area contributed by atoms with E-state index in [0.717, 1.165) is 45.0 Å². The summed E-state index contributed by atoms with van der Waals surface area (Å²) in [7, 11) is 0. The van der Waals surface area contributed by atoms with Crippen LogP contribution in [-0.4, -0.2) is 50.2 Å². The molecule has 0 atom stereocenters. The van der Waals surface area contributed by atoms with E-state index in [9.17, 15) is 10.1 Å². The van der Waals surface area contributed by atoms with Crippen LogP contribution in [-0.2, 0) is 16.0 Å². The van der Waals surface area contributed by atoms with Crippen LogP contribution in [0.15, 0.2) is 36.0 Å². The highest BCUT2D eigenvalue weighted by Gasteiger charge is 2.12. The quantitative estimate of drug-likeness (QED) is 0.524. The van der Waals surface area contributed by atoms with E-state index in [-0.39, 0.29) is 11.5 Å². The Morgan fingerprint density at radius 1 is 1.31 bits per heavy atom. The maximum atomic E-state index is 12.1. The summed E-state index contributed by atoms with van der Waals surface area (Å²) in [6, 6.07) is 10.0. The fourth-order valence-corrected chi connectivity index (χ4v) is 2.70. The first-order valence-electron chi connectivity index (χ1n) is 9.27. The molecule has 140 valence electrons. The molecular weight excluding hydrogens is 328 g/mol. The standard InChI is InChI=1S/C20H28N4O2/c1-2-3-4-17-5-7-19(8-6-17)23-16-18(15-21)20(25)22-9-10-24-11-13-26-14-12-24/h5-8,16,23H,2-4,9-14H2,1H3,(H,22,25)/b18-16-. The molecule has 0 unspecified atom stereocenters. The molecule has 1 aliphatic rings. The number of carbonyl (C=O) groups excluding carboxylic acids is 1. The lowest BCUT2D eigenvalue weighted by Gasteiger charge is -2.26. The van der Waals surface area contributed by atoms with E-state index in [4.69, 9.17) is 4.74 Å². The molecule has 0 aliphatic carbocycles. The Labute approximate surface area is 155 Å². The van der Waals surface area contributed by atoms with E-state index >= 15 is 0 Å². The van der Waals surface area contributed by atoms with Crippen molar-refractivity contribution in [3.05, 3.63) is 41.6 Å². The van der Waals surface area contributed by atoms with Crippen LogP contribution in [0.25, 0.3) is 0 Å². The lowest BCUT2D eigenvalue weighted by Crippen LogP contribution is -2.41. The third kappa shape index (κ3) is 6.87. The largest absolute Gasteiger partial charge is 0.379 e. The lowest BCUT2D eigenvalue weighted by molar-refractivity contribution is -0.117. The molecule has 1 aliphatic heterocycles. The summed E-state index contributed by atoms with van der Waals surface area (Å²) in [5.41, 5.74) is 2.23. The van der Waals surface area contributed by atoms with Crippen LogP contribution in [0.4, 0.5) is 5.69 Å². The first-order chi connectivity index (χ1) is 12.7. The van der Waals surface area contributed by atoms with Crippen molar-refractivity contribution < 1.29 is 9.53 Å². The maximum Gasteiger partial charge on any atom is 0.263 e. The monoisotopic (exact) mass is 356 g/mol. The Morgan fingerprint density at radius 2 is 2.04 bits per heavy atom. The first kappa shape index (κ1) is 20.0. The predicted octanol–water partition coefficient (Wildman–Crippen LogP) is 2.30. The average Bonchev–Trinajstić information content (AvgIpc) is 2.68. The molecule has 6 heteroatoms. The summed E-state index contributed by atoms with van der Waals surface area (Å²) < 4.78 is 5.29. The number of amides is 1. The van der Waals surface area contributed by atoms with Crippen molar-refractivity contribution in [1.82, 2.24) is 10.2 Å². The Morgan fingerprint density at radius 3 is 2.69 bits per heavy atom. The molecule has 6 nitrogen and oxygen atoms in total. The molecule has 0 saturated carbocycles. The third-order valence-corrected chi connectivity index (χ3v) is 4.34. The smallest absolute Gasteiger partial charge is 0.263 e. The molecule has 1 heterocycles. The number of nitriles is 1. The van der Waals surface area contributed by atoms with Crippen LogP contribution in [0.3, 0.4) is 0 Å². The molecule has 1 amide bonds. The zero-order valence-electron chi connectivity index (χ0n) is 15.5. The first-order valence-corrected chi connectivity index (χ1v) is 9.27. The van der Waals surface area contributed by atoms with Crippen molar-refractivity contribution in [2.45, 2.75) is 26.2 Å². The number of nitrogens with zero attached hydrogens (tertiary/aromatic N) is 2. The number of hydrogen-bond donors (Lipinski definition) is 2. The molecule has 0 radical (unpaired) electrons. The van der Waals surface area contributed by atoms with E-state index in [1.54, 1.807) is 0 Å². The number of unbranched alkanes of at least 4 members (excludes halogenated alkanes) is 1. The van der Waals surface area contributed by atoms with Crippen molar-refractivity contribution in [2.24, 2.45) is 0 Å². The van der Waals surface area contributed by atoms with Crippen LogP contribution < -0.4 is 10.6 Å². The normalized spacial score (nSPS) is 15.3. The molecule has 1 fully saturated rings. The van der Waals surface area contributed by atoms with E-state index in [1.807, 2.05) is 18.2 Å². The highest BCUT2D eigenvalue weighted by Crippen LogP contribution is 2.12.